The van der Waals surface area contributed by atoms with Crippen molar-refractivity contribution in [1.29, 1.82) is 0 Å². The average Bonchev–Trinajstić information content (AvgIpc) is 3.31. The van der Waals surface area contributed by atoms with Gasteiger partial charge < -0.3 is 9.72 Å². The smallest absolute Gasteiger partial charge is 0.340 e. The number of nitrogens with one attached hydrogen (secondary N) is 2. The minimum Gasteiger partial charge on any atom is -0.454 e. The Balaban J connectivity index is 1.75. The van der Waals surface area contributed by atoms with Crippen molar-refractivity contribution in [2.24, 2.45) is 0 Å². The van der Waals surface area contributed by atoms with Crippen molar-refractivity contribution < 1.29 is 22.7 Å². The van der Waals surface area contributed by atoms with Gasteiger partial charge in [0.25, 0.3) is 10.0 Å². The molecule has 1 aromatic carbocycles. The highest BCUT2D eigenvalue weighted by molar-refractivity contribution is 9.11. The average molecular weight is 469 g/mol. The van der Waals surface area contributed by atoms with Crippen LogP contribution in [0, 0.1) is 0 Å². The molecule has 0 aliphatic heterocycles. The molecule has 2 heterocycles. The van der Waals surface area contributed by atoms with Gasteiger partial charge in [-0.25, -0.2) is 13.2 Å². The van der Waals surface area contributed by atoms with E-state index in [2.05, 4.69) is 25.6 Å². The lowest BCUT2D eigenvalue weighted by Crippen LogP contribution is -2.18. The number of para-hydroxylation sites is 1. The third kappa shape index (κ3) is 4.65. The summed E-state index contributed by atoms with van der Waals surface area (Å²) in [7, 11) is -3.86. The number of halogens is 1. The Hall–Kier alpha value is -2.43. The standard InChI is InChI=1S/C17H13BrN2O5S2/c18-15-7-8-16(26-15)27(23,24)20-12-5-2-1-4-11(12)17(22)25-10-14(21)13-6-3-9-19-13/h1-9,19-20H,10H2. The van der Waals surface area contributed by atoms with Crippen LogP contribution in [0.3, 0.4) is 0 Å². The quantitative estimate of drug-likeness (QED) is 0.406. The lowest BCUT2D eigenvalue weighted by atomic mass is 10.2. The number of aromatic amines is 1. The summed E-state index contributed by atoms with van der Waals surface area (Å²) >= 11 is 4.26. The largest absolute Gasteiger partial charge is 0.454 e. The zero-order chi connectivity index (χ0) is 19.4. The number of benzene rings is 1. The van der Waals surface area contributed by atoms with Crippen molar-refractivity contribution in [3.63, 3.8) is 0 Å². The topological polar surface area (TPSA) is 105 Å². The van der Waals surface area contributed by atoms with Gasteiger partial charge in [-0.05, 0) is 52.3 Å². The maximum absolute atomic E-state index is 12.5. The molecule has 0 saturated heterocycles. The first-order valence-corrected chi connectivity index (χ1v) is 10.7. The Bertz CT molecular complexity index is 1070. The number of ketones is 1. The van der Waals surface area contributed by atoms with E-state index in [4.69, 9.17) is 4.74 Å². The molecule has 0 radical (unpaired) electrons. The van der Waals surface area contributed by atoms with E-state index in [1.54, 1.807) is 36.5 Å². The summed E-state index contributed by atoms with van der Waals surface area (Å²) in [6.45, 7) is -0.460. The number of Topliss-reactive ketones (excluding diaryl/α,β-unsaturated/α-hetero) is 1. The van der Waals surface area contributed by atoms with E-state index in [1.807, 2.05) is 0 Å². The van der Waals surface area contributed by atoms with Gasteiger partial charge in [0.05, 0.1) is 20.7 Å². The first-order valence-electron chi connectivity index (χ1n) is 7.58. The number of anilines is 1. The number of carbonyl (C=O) groups excluding carboxylic acids is 2. The number of thiophene rings is 1. The van der Waals surface area contributed by atoms with Crippen LogP contribution in [-0.4, -0.2) is 31.8 Å². The van der Waals surface area contributed by atoms with Crippen LogP contribution in [0.1, 0.15) is 20.8 Å². The predicted octanol–water partition coefficient (Wildman–Crippen LogP) is 3.68. The molecule has 0 saturated carbocycles. The highest BCUT2D eigenvalue weighted by Crippen LogP contribution is 2.28. The SMILES string of the molecule is O=C(COC(=O)c1ccccc1NS(=O)(=O)c1ccc(Br)s1)c1ccc[nH]1. The monoisotopic (exact) mass is 468 g/mol. The first-order chi connectivity index (χ1) is 12.9. The normalized spacial score (nSPS) is 11.1. The summed E-state index contributed by atoms with van der Waals surface area (Å²) in [6.07, 6.45) is 1.59. The Morgan fingerprint density at radius 2 is 1.89 bits per heavy atom. The van der Waals surface area contributed by atoms with Crippen molar-refractivity contribution in [2.75, 3.05) is 11.3 Å². The fourth-order valence-corrected chi connectivity index (χ4v) is 5.27. The third-order valence-electron chi connectivity index (χ3n) is 3.44. The number of ether oxygens (including phenoxy) is 1. The second-order valence-electron chi connectivity index (χ2n) is 5.29. The van der Waals surface area contributed by atoms with Gasteiger partial charge in [0.15, 0.2) is 6.61 Å². The molecule has 0 unspecified atom stereocenters. The summed E-state index contributed by atoms with van der Waals surface area (Å²) in [5, 5.41) is 0. The number of hydrogen-bond acceptors (Lipinski definition) is 6. The van der Waals surface area contributed by atoms with Crippen molar-refractivity contribution in [3.8, 4) is 0 Å². The molecule has 140 valence electrons. The Kier molecular flexibility index (Phi) is 5.78. The Labute approximate surface area is 167 Å². The summed E-state index contributed by atoms with van der Waals surface area (Å²) in [4.78, 5) is 27.0. The minimum atomic E-state index is -3.86. The van der Waals surface area contributed by atoms with Gasteiger partial charge in [-0.1, -0.05) is 12.1 Å². The molecule has 27 heavy (non-hydrogen) atoms. The van der Waals surface area contributed by atoms with Crippen molar-refractivity contribution >= 4 is 54.7 Å². The lowest BCUT2D eigenvalue weighted by Gasteiger charge is -2.11. The van der Waals surface area contributed by atoms with Crippen LogP contribution in [-0.2, 0) is 14.8 Å². The Morgan fingerprint density at radius 1 is 1.11 bits per heavy atom. The maximum Gasteiger partial charge on any atom is 0.340 e. The fraction of sp³-hybridized carbons (Fsp3) is 0.0588. The molecule has 2 N–H and O–H groups in total. The molecule has 0 aliphatic rings. The maximum atomic E-state index is 12.5. The predicted molar refractivity (Wildman–Crippen MR) is 105 cm³/mol. The van der Waals surface area contributed by atoms with Crippen LogP contribution in [0.5, 0.6) is 0 Å². The van der Waals surface area contributed by atoms with E-state index >= 15 is 0 Å². The molecule has 0 bridgehead atoms. The van der Waals surface area contributed by atoms with E-state index < -0.39 is 28.4 Å². The molecule has 0 fully saturated rings. The number of carbonyl (C=O) groups is 2. The number of H-pyrrole nitrogens is 1. The number of hydrogen-bond donors (Lipinski definition) is 2. The van der Waals surface area contributed by atoms with Crippen LogP contribution in [0.2, 0.25) is 0 Å². The van der Waals surface area contributed by atoms with E-state index in [1.165, 1.54) is 18.2 Å². The molecule has 3 aromatic rings. The van der Waals surface area contributed by atoms with Crippen molar-refractivity contribution in [3.05, 3.63) is 69.8 Å². The molecule has 3 rings (SSSR count). The first kappa shape index (κ1) is 19.3. The lowest BCUT2D eigenvalue weighted by molar-refractivity contribution is 0.0474. The zero-order valence-corrected chi connectivity index (χ0v) is 16.9. The molecular formula is C17H13BrN2O5S2. The van der Waals surface area contributed by atoms with Crippen molar-refractivity contribution in [1.82, 2.24) is 4.98 Å². The number of aromatic nitrogens is 1. The number of esters is 1. The third-order valence-corrected chi connectivity index (χ3v) is 6.92. The van der Waals surface area contributed by atoms with Crippen molar-refractivity contribution in [2.45, 2.75) is 4.21 Å². The fourth-order valence-electron chi connectivity index (χ4n) is 2.18. The number of rotatable bonds is 7. The van der Waals surface area contributed by atoms with Crippen LogP contribution in [0.25, 0.3) is 0 Å². The molecule has 10 heteroatoms. The Morgan fingerprint density at radius 3 is 2.56 bits per heavy atom. The highest BCUT2D eigenvalue weighted by atomic mass is 79.9. The summed E-state index contributed by atoms with van der Waals surface area (Å²) in [5.41, 5.74) is 0.399. The highest BCUT2D eigenvalue weighted by Gasteiger charge is 2.21. The van der Waals surface area contributed by atoms with Crippen LogP contribution in [0.15, 0.2) is 62.7 Å². The van der Waals surface area contributed by atoms with Gasteiger partial charge in [-0.15, -0.1) is 11.3 Å². The van der Waals surface area contributed by atoms with Gasteiger partial charge in [0.2, 0.25) is 5.78 Å². The second kappa shape index (κ2) is 8.07. The van der Waals surface area contributed by atoms with Crippen LogP contribution in [0.4, 0.5) is 5.69 Å². The zero-order valence-electron chi connectivity index (χ0n) is 13.6. The van der Waals surface area contributed by atoms with Crippen LogP contribution < -0.4 is 4.72 Å². The van der Waals surface area contributed by atoms with Gasteiger partial charge in [0.1, 0.15) is 4.21 Å². The molecular weight excluding hydrogens is 456 g/mol. The molecule has 7 nitrogen and oxygen atoms in total. The molecule has 0 aliphatic carbocycles. The van der Waals surface area contributed by atoms with Gasteiger partial charge in [-0.2, -0.15) is 0 Å². The van der Waals surface area contributed by atoms with Gasteiger partial charge in [-0.3, -0.25) is 9.52 Å². The number of sulfonamides is 1. The van der Waals surface area contributed by atoms with E-state index in [0.29, 0.717) is 9.48 Å². The van der Waals surface area contributed by atoms with Crippen LogP contribution >= 0.6 is 27.3 Å². The van der Waals surface area contributed by atoms with E-state index in [9.17, 15) is 18.0 Å². The summed E-state index contributed by atoms with van der Waals surface area (Å²) in [5.74, 6) is -1.20. The minimum absolute atomic E-state index is 0.0102. The second-order valence-corrected chi connectivity index (χ2v) is 9.66. The molecule has 0 spiro atoms. The van der Waals surface area contributed by atoms with E-state index in [-0.39, 0.29) is 15.5 Å². The summed E-state index contributed by atoms with van der Waals surface area (Å²) in [6, 6.07) is 12.3. The van der Waals surface area contributed by atoms with E-state index in [0.717, 1.165) is 11.3 Å². The van der Waals surface area contributed by atoms with Gasteiger partial charge in [0, 0.05) is 6.20 Å². The molecule has 0 atom stereocenters. The molecule has 0 amide bonds. The van der Waals surface area contributed by atoms with Gasteiger partial charge >= 0.3 is 5.97 Å². The molecule has 2 aromatic heterocycles. The summed E-state index contributed by atoms with van der Waals surface area (Å²) < 4.78 is 33.1.